The molecule has 2 heterocycles. The lowest BCUT2D eigenvalue weighted by molar-refractivity contribution is 0.102. The zero-order chi connectivity index (χ0) is 12.8. The van der Waals surface area contributed by atoms with E-state index in [0.29, 0.717) is 0 Å². The van der Waals surface area contributed by atoms with Gasteiger partial charge in [0.15, 0.2) is 5.13 Å². The van der Waals surface area contributed by atoms with E-state index in [1.807, 2.05) is 0 Å². The molecule has 1 aromatic heterocycles. The second-order valence-electron chi connectivity index (χ2n) is 6.42. The fourth-order valence-corrected chi connectivity index (χ4v) is 4.22. The zero-order valence-electron chi connectivity index (χ0n) is 11.3. The van der Waals surface area contributed by atoms with Gasteiger partial charge in [-0.1, -0.05) is 25.2 Å². The molecular formula is C14H22N2OS. The smallest absolute Gasteiger partial charge is 0.185 e. The average molecular weight is 266 g/mol. The molecule has 0 radical (unpaired) electrons. The third kappa shape index (κ3) is 2.28. The molecule has 1 unspecified atom stereocenters. The van der Waals surface area contributed by atoms with Gasteiger partial charge >= 0.3 is 0 Å². The molecule has 0 amide bonds. The molecule has 0 spiro atoms. The maximum absolute atomic E-state index is 10.3. The molecule has 0 bridgehead atoms. The average Bonchev–Trinajstić information content (AvgIpc) is 2.72. The van der Waals surface area contributed by atoms with Gasteiger partial charge in [-0.15, -0.1) is 0 Å². The number of hydrogen-bond acceptors (Lipinski definition) is 4. The van der Waals surface area contributed by atoms with Crippen molar-refractivity contribution >= 4 is 16.5 Å². The van der Waals surface area contributed by atoms with E-state index >= 15 is 0 Å². The molecule has 0 aromatic carbocycles. The SMILES string of the molecule is CC1(C)Cc2nc(N3CCCCC3)sc2C(O)C1. The first kappa shape index (κ1) is 12.4. The van der Waals surface area contributed by atoms with Gasteiger partial charge in [-0.05, 0) is 37.5 Å². The number of aromatic nitrogens is 1. The molecule has 4 heteroatoms. The van der Waals surface area contributed by atoms with Crippen LogP contribution < -0.4 is 4.90 Å². The molecule has 1 atom stereocenters. The number of hydrogen-bond donors (Lipinski definition) is 1. The Morgan fingerprint density at radius 1 is 1.28 bits per heavy atom. The first-order chi connectivity index (χ1) is 8.55. The van der Waals surface area contributed by atoms with Crippen molar-refractivity contribution in [3.63, 3.8) is 0 Å². The summed E-state index contributed by atoms with van der Waals surface area (Å²) in [6.45, 7) is 6.70. The van der Waals surface area contributed by atoms with E-state index in [0.717, 1.165) is 41.6 Å². The maximum Gasteiger partial charge on any atom is 0.185 e. The monoisotopic (exact) mass is 266 g/mol. The van der Waals surface area contributed by atoms with Crippen LogP contribution in [0.5, 0.6) is 0 Å². The van der Waals surface area contributed by atoms with E-state index in [1.54, 1.807) is 11.3 Å². The van der Waals surface area contributed by atoms with E-state index in [2.05, 4.69) is 18.7 Å². The van der Waals surface area contributed by atoms with Crippen molar-refractivity contribution < 1.29 is 5.11 Å². The Morgan fingerprint density at radius 2 is 2.00 bits per heavy atom. The van der Waals surface area contributed by atoms with Gasteiger partial charge in [-0.3, -0.25) is 0 Å². The zero-order valence-corrected chi connectivity index (χ0v) is 12.1. The van der Waals surface area contributed by atoms with Gasteiger partial charge in [-0.25, -0.2) is 4.98 Å². The van der Waals surface area contributed by atoms with Crippen molar-refractivity contribution in [1.29, 1.82) is 0 Å². The first-order valence-corrected chi connectivity index (χ1v) is 7.79. The molecule has 100 valence electrons. The van der Waals surface area contributed by atoms with Gasteiger partial charge in [0, 0.05) is 13.1 Å². The summed E-state index contributed by atoms with van der Waals surface area (Å²) in [6, 6.07) is 0. The number of rotatable bonds is 1. The Morgan fingerprint density at radius 3 is 2.72 bits per heavy atom. The molecular weight excluding hydrogens is 244 g/mol. The van der Waals surface area contributed by atoms with Crippen LogP contribution in [0.2, 0.25) is 0 Å². The highest BCUT2D eigenvalue weighted by Gasteiger charge is 2.34. The van der Waals surface area contributed by atoms with E-state index in [-0.39, 0.29) is 11.5 Å². The molecule has 1 aliphatic heterocycles. The Kier molecular flexibility index (Phi) is 3.10. The lowest BCUT2D eigenvalue weighted by Gasteiger charge is -2.31. The summed E-state index contributed by atoms with van der Waals surface area (Å²) >= 11 is 1.72. The van der Waals surface area contributed by atoms with Crippen LogP contribution in [0, 0.1) is 5.41 Å². The lowest BCUT2D eigenvalue weighted by Crippen LogP contribution is -2.29. The minimum absolute atomic E-state index is 0.180. The summed E-state index contributed by atoms with van der Waals surface area (Å²) < 4.78 is 0. The maximum atomic E-state index is 10.3. The molecule has 18 heavy (non-hydrogen) atoms. The van der Waals surface area contributed by atoms with Crippen LogP contribution in [0.1, 0.15) is 56.2 Å². The van der Waals surface area contributed by atoms with Crippen LogP contribution in [-0.4, -0.2) is 23.2 Å². The molecule has 1 saturated heterocycles. The molecule has 3 rings (SSSR count). The molecule has 2 aliphatic rings. The molecule has 1 aromatic rings. The van der Waals surface area contributed by atoms with E-state index in [1.165, 1.54) is 19.3 Å². The van der Waals surface area contributed by atoms with Crippen LogP contribution in [0.15, 0.2) is 0 Å². The fourth-order valence-electron chi connectivity index (χ4n) is 3.10. The topological polar surface area (TPSA) is 36.4 Å². The van der Waals surface area contributed by atoms with Gasteiger partial charge in [0.25, 0.3) is 0 Å². The Bertz CT molecular complexity index is 435. The number of nitrogens with zero attached hydrogens (tertiary/aromatic N) is 2. The van der Waals surface area contributed by atoms with Crippen molar-refractivity contribution in [3.8, 4) is 0 Å². The van der Waals surface area contributed by atoms with Crippen molar-refractivity contribution in [3.05, 3.63) is 10.6 Å². The highest BCUT2D eigenvalue weighted by molar-refractivity contribution is 7.15. The number of piperidine rings is 1. The number of thiazole rings is 1. The summed E-state index contributed by atoms with van der Waals surface area (Å²) in [7, 11) is 0. The van der Waals surface area contributed by atoms with Crippen LogP contribution >= 0.6 is 11.3 Å². The number of anilines is 1. The van der Waals surface area contributed by atoms with E-state index in [9.17, 15) is 5.11 Å². The van der Waals surface area contributed by atoms with Crippen LogP contribution in [-0.2, 0) is 6.42 Å². The van der Waals surface area contributed by atoms with Gasteiger partial charge in [-0.2, -0.15) is 0 Å². The summed E-state index contributed by atoms with van der Waals surface area (Å²) in [4.78, 5) is 8.32. The van der Waals surface area contributed by atoms with Crippen LogP contribution in [0.25, 0.3) is 0 Å². The molecule has 0 saturated carbocycles. The Hall–Kier alpha value is -0.610. The molecule has 1 aliphatic carbocycles. The standard InChI is InChI=1S/C14H22N2OS/c1-14(2)8-10-12(11(17)9-14)18-13(15-10)16-6-4-3-5-7-16/h11,17H,3-9H2,1-2H3. The minimum Gasteiger partial charge on any atom is -0.387 e. The Labute approximate surface area is 113 Å². The van der Waals surface area contributed by atoms with Gasteiger partial charge in [0.2, 0.25) is 0 Å². The predicted octanol–water partition coefficient (Wildman–Crippen LogP) is 3.14. The number of aliphatic hydroxyl groups excluding tert-OH is 1. The van der Waals surface area contributed by atoms with Crippen molar-refractivity contribution in [2.75, 3.05) is 18.0 Å². The highest BCUT2D eigenvalue weighted by atomic mass is 32.1. The summed E-state index contributed by atoms with van der Waals surface area (Å²) in [5.74, 6) is 0. The molecule has 1 fully saturated rings. The van der Waals surface area contributed by atoms with Gasteiger partial charge in [0.1, 0.15) is 0 Å². The van der Waals surface area contributed by atoms with E-state index < -0.39 is 0 Å². The second-order valence-corrected chi connectivity index (χ2v) is 7.43. The van der Waals surface area contributed by atoms with Gasteiger partial charge < -0.3 is 10.0 Å². The van der Waals surface area contributed by atoms with E-state index in [4.69, 9.17) is 4.98 Å². The molecule has 1 N–H and O–H groups in total. The first-order valence-electron chi connectivity index (χ1n) is 6.98. The predicted molar refractivity (Wildman–Crippen MR) is 75.2 cm³/mol. The van der Waals surface area contributed by atoms with Gasteiger partial charge in [0.05, 0.1) is 16.7 Å². The van der Waals surface area contributed by atoms with Crippen molar-refractivity contribution in [2.24, 2.45) is 5.41 Å². The summed E-state index contributed by atoms with van der Waals surface area (Å²) in [5.41, 5.74) is 1.32. The van der Waals surface area contributed by atoms with Crippen molar-refractivity contribution in [1.82, 2.24) is 4.98 Å². The summed E-state index contributed by atoms with van der Waals surface area (Å²) in [5, 5.41) is 11.4. The third-order valence-corrected chi connectivity index (χ3v) is 5.30. The number of aliphatic hydroxyl groups is 1. The highest BCUT2D eigenvalue weighted by Crippen LogP contribution is 2.44. The summed E-state index contributed by atoms with van der Waals surface area (Å²) in [6.07, 6.45) is 5.46. The fraction of sp³-hybridized carbons (Fsp3) is 0.786. The normalized spacial score (nSPS) is 27.1. The lowest BCUT2D eigenvalue weighted by atomic mass is 9.77. The van der Waals surface area contributed by atoms with Crippen LogP contribution in [0.4, 0.5) is 5.13 Å². The minimum atomic E-state index is -0.306. The third-order valence-electron chi connectivity index (χ3n) is 4.04. The second kappa shape index (κ2) is 4.49. The number of fused-ring (bicyclic) bond motifs is 1. The van der Waals surface area contributed by atoms with Crippen molar-refractivity contribution in [2.45, 2.75) is 52.1 Å². The largest absolute Gasteiger partial charge is 0.387 e. The van der Waals surface area contributed by atoms with Crippen LogP contribution in [0.3, 0.4) is 0 Å². The molecule has 3 nitrogen and oxygen atoms in total. The Balaban J connectivity index is 1.87. The quantitative estimate of drug-likeness (QED) is 0.848.